The Morgan fingerprint density at radius 2 is 1.33 bits per heavy atom. The van der Waals surface area contributed by atoms with E-state index in [-0.39, 0.29) is 0 Å². The number of aryl methyl sites for hydroxylation is 2. The van der Waals surface area contributed by atoms with Crippen molar-refractivity contribution in [2.45, 2.75) is 83.7 Å². The minimum absolute atomic E-state index is 0.702. The molecule has 30 heavy (non-hydrogen) atoms. The monoisotopic (exact) mass is 404 g/mol. The van der Waals surface area contributed by atoms with Gasteiger partial charge in [0.25, 0.3) is 0 Å². The van der Waals surface area contributed by atoms with E-state index in [1.54, 1.807) is 12.7 Å². The van der Waals surface area contributed by atoms with Crippen molar-refractivity contribution in [3.05, 3.63) is 82.9 Å². The molecule has 0 atom stereocenters. The quantitative estimate of drug-likeness (QED) is 0.272. The Morgan fingerprint density at radius 1 is 0.767 bits per heavy atom. The highest BCUT2D eigenvalue weighted by Crippen LogP contribution is 2.37. The minimum Gasteiger partial charge on any atom is -0.380 e. The highest BCUT2D eigenvalue weighted by Gasteiger charge is 2.21. The van der Waals surface area contributed by atoms with Crippen molar-refractivity contribution in [2.75, 3.05) is 7.11 Å². The lowest BCUT2D eigenvalue weighted by atomic mass is 9.77. The predicted molar refractivity (Wildman–Crippen MR) is 129 cm³/mol. The molecule has 2 aromatic carbocycles. The van der Waals surface area contributed by atoms with Gasteiger partial charge in [0.05, 0.1) is 6.61 Å². The maximum absolute atomic E-state index is 5.18. The zero-order valence-electron chi connectivity index (χ0n) is 19.1. The molecule has 0 aromatic heterocycles. The summed E-state index contributed by atoms with van der Waals surface area (Å²) in [7, 11) is 1.75. The Morgan fingerprint density at radius 3 is 1.90 bits per heavy atom. The lowest BCUT2D eigenvalue weighted by Gasteiger charge is -2.28. The maximum Gasteiger partial charge on any atom is 0.0713 e. The molecule has 0 unspecified atom stereocenters. The molecule has 1 nitrogen and oxygen atoms in total. The summed E-state index contributed by atoms with van der Waals surface area (Å²) in [6, 6.07) is 18.4. The maximum atomic E-state index is 5.18. The number of hydrogen-bond acceptors (Lipinski definition) is 1. The predicted octanol–water partition coefficient (Wildman–Crippen LogP) is 8.03. The number of methoxy groups -OCH3 is 1. The molecule has 0 heterocycles. The fourth-order valence-corrected chi connectivity index (χ4v) is 4.77. The number of hydrogen-bond donors (Lipinski definition) is 0. The van der Waals surface area contributed by atoms with Gasteiger partial charge in [0.2, 0.25) is 0 Å². The minimum atomic E-state index is 0.702. The summed E-state index contributed by atoms with van der Waals surface area (Å²) < 4.78 is 5.18. The third kappa shape index (κ3) is 7.43. The highest BCUT2D eigenvalue weighted by molar-refractivity contribution is 5.26. The molecule has 162 valence electrons. The fraction of sp³-hybridized carbons (Fsp3) is 0.517. The van der Waals surface area contributed by atoms with Gasteiger partial charge in [0.1, 0.15) is 0 Å². The van der Waals surface area contributed by atoms with Gasteiger partial charge in [-0.3, -0.25) is 0 Å². The molecule has 1 heteroatoms. The number of ether oxygens (including phenoxy) is 1. The molecule has 1 aliphatic rings. The van der Waals surface area contributed by atoms with Crippen molar-refractivity contribution in [1.82, 2.24) is 0 Å². The third-order valence-corrected chi connectivity index (χ3v) is 6.68. The first-order valence-corrected chi connectivity index (χ1v) is 12.1. The van der Waals surface area contributed by atoms with Crippen LogP contribution >= 0.6 is 0 Å². The molecule has 0 amide bonds. The second kappa shape index (κ2) is 12.7. The van der Waals surface area contributed by atoms with Crippen LogP contribution in [0.15, 0.2) is 60.7 Å². The fourth-order valence-electron chi connectivity index (χ4n) is 4.77. The topological polar surface area (TPSA) is 9.23 Å². The summed E-state index contributed by atoms with van der Waals surface area (Å²) >= 11 is 0. The van der Waals surface area contributed by atoms with Crippen molar-refractivity contribution >= 4 is 0 Å². The lowest BCUT2D eigenvalue weighted by molar-refractivity contribution is 0.185. The SMILES string of the molecule is CCC=CCC1CCC(c2ccc(CCCCc3ccc(COC)cc3)cc2)CC1. The molecule has 1 saturated carbocycles. The zero-order chi connectivity index (χ0) is 21.0. The largest absolute Gasteiger partial charge is 0.380 e. The van der Waals surface area contributed by atoms with Crippen LogP contribution in [-0.2, 0) is 24.2 Å². The third-order valence-electron chi connectivity index (χ3n) is 6.68. The highest BCUT2D eigenvalue weighted by atomic mass is 16.5. The van der Waals surface area contributed by atoms with Crippen LogP contribution in [0.2, 0.25) is 0 Å². The molecule has 0 N–H and O–H groups in total. The van der Waals surface area contributed by atoms with Crippen molar-refractivity contribution < 1.29 is 4.74 Å². The molecule has 3 rings (SSSR count). The molecular weight excluding hydrogens is 364 g/mol. The van der Waals surface area contributed by atoms with E-state index in [2.05, 4.69) is 67.6 Å². The summed E-state index contributed by atoms with van der Waals surface area (Å²) in [5.41, 5.74) is 5.75. The van der Waals surface area contributed by atoms with Crippen molar-refractivity contribution in [3.8, 4) is 0 Å². The van der Waals surface area contributed by atoms with Gasteiger partial charge in [-0.05, 0) is 98.3 Å². The first kappa shape index (κ1) is 22.8. The average Bonchev–Trinajstić information content (AvgIpc) is 2.79. The Hall–Kier alpha value is -1.86. The van der Waals surface area contributed by atoms with Gasteiger partial charge in [0, 0.05) is 7.11 Å². The molecular formula is C29H40O. The Kier molecular flexibility index (Phi) is 9.70. The molecule has 0 saturated heterocycles. The smallest absolute Gasteiger partial charge is 0.0713 e. The summed E-state index contributed by atoms with van der Waals surface area (Å²) in [5, 5.41) is 0. The van der Waals surface area contributed by atoms with Gasteiger partial charge in [-0.2, -0.15) is 0 Å². The lowest BCUT2D eigenvalue weighted by Crippen LogP contribution is -2.12. The number of benzene rings is 2. The number of rotatable bonds is 11. The van der Waals surface area contributed by atoms with Crippen molar-refractivity contribution in [3.63, 3.8) is 0 Å². The second-order valence-corrected chi connectivity index (χ2v) is 9.03. The van der Waals surface area contributed by atoms with Crippen LogP contribution in [0.4, 0.5) is 0 Å². The normalized spacial score (nSPS) is 19.4. The molecule has 0 bridgehead atoms. The van der Waals surface area contributed by atoms with E-state index < -0.39 is 0 Å². The number of allylic oxidation sites excluding steroid dienone is 2. The Labute approximate surface area is 184 Å². The Balaban J connectivity index is 1.36. The van der Waals surface area contributed by atoms with Gasteiger partial charge >= 0.3 is 0 Å². The van der Waals surface area contributed by atoms with E-state index in [4.69, 9.17) is 4.74 Å². The molecule has 1 fully saturated rings. The standard InChI is InChI=1S/C29H40O/c1-3-4-5-8-25-15-19-28(20-16-25)29-21-17-26(18-22-29)10-7-6-9-24-11-13-27(14-12-24)23-30-2/h4-5,11-14,17-18,21-22,25,28H,3,6-10,15-16,19-20,23H2,1-2H3. The van der Waals surface area contributed by atoms with Crippen LogP contribution in [0.3, 0.4) is 0 Å². The van der Waals surface area contributed by atoms with Crippen molar-refractivity contribution in [1.29, 1.82) is 0 Å². The summed E-state index contributed by atoms with van der Waals surface area (Å²) in [6.07, 6.45) is 17.6. The van der Waals surface area contributed by atoms with Crippen LogP contribution in [0.25, 0.3) is 0 Å². The van der Waals surface area contributed by atoms with E-state index in [9.17, 15) is 0 Å². The van der Waals surface area contributed by atoms with Gasteiger partial charge in [-0.1, -0.05) is 67.6 Å². The molecule has 0 spiro atoms. The summed E-state index contributed by atoms with van der Waals surface area (Å²) in [4.78, 5) is 0. The summed E-state index contributed by atoms with van der Waals surface area (Å²) in [6.45, 7) is 2.92. The first-order valence-electron chi connectivity index (χ1n) is 12.1. The molecule has 2 aromatic rings. The van der Waals surface area contributed by atoms with Gasteiger partial charge in [-0.25, -0.2) is 0 Å². The van der Waals surface area contributed by atoms with Crippen LogP contribution < -0.4 is 0 Å². The van der Waals surface area contributed by atoms with E-state index >= 15 is 0 Å². The second-order valence-electron chi connectivity index (χ2n) is 9.03. The van der Waals surface area contributed by atoms with Crippen molar-refractivity contribution in [2.24, 2.45) is 5.92 Å². The first-order chi connectivity index (χ1) is 14.8. The van der Waals surface area contributed by atoms with E-state index in [1.807, 2.05) is 0 Å². The van der Waals surface area contributed by atoms with Gasteiger partial charge in [-0.15, -0.1) is 0 Å². The summed E-state index contributed by atoms with van der Waals surface area (Å²) in [5.74, 6) is 1.70. The zero-order valence-corrected chi connectivity index (χ0v) is 19.1. The van der Waals surface area contributed by atoms with E-state index in [0.29, 0.717) is 6.61 Å². The van der Waals surface area contributed by atoms with Crippen LogP contribution in [0.1, 0.15) is 86.5 Å². The Bertz CT molecular complexity index is 733. The van der Waals surface area contributed by atoms with Crippen LogP contribution in [0, 0.1) is 5.92 Å². The molecule has 1 aliphatic carbocycles. The van der Waals surface area contributed by atoms with Crippen LogP contribution in [0.5, 0.6) is 0 Å². The van der Waals surface area contributed by atoms with E-state index in [1.165, 1.54) is 80.9 Å². The van der Waals surface area contributed by atoms with Gasteiger partial charge < -0.3 is 4.74 Å². The van der Waals surface area contributed by atoms with Crippen LogP contribution in [-0.4, -0.2) is 7.11 Å². The van der Waals surface area contributed by atoms with Gasteiger partial charge in [0.15, 0.2) is 0 Å². The molecule has 0 aliphatic heterocycles. The average molecular weight is 405 g/mol. The van der Waals surface area contributed by atoms with E-state index in [0.717, 1.165) is 11.8 Å². The molecule has 0 radical (unpaired) electrons. The number of unbranched alkanes of at least 4 members (excludes halogenated alkanes) is 1.